The Labute approximate surface area is 114 Å². The molecule has 0 spiro atoms. The van der Waals surface area contributed by atoms with E-state index in [1.54, 1.807) is 30.3 Å². The van der Waals surface area contributed by atoms with Crippen molar-refractivity contribution in [3.8, 4) is 11.9 Å². The number of aromatic nitrogens is 1. The fourth-order valence-corrected chi connectivity index (χ4v) is 1.63. The number of nitrogens with zero attached hydrogens (tertiary/aromatic N) is 4. The smallest absolute Gasteiger partial charge is 0.299 e. The van der Waals surface area contributed by atoms with E-state index in [0.29, 0.717) is 10.4 Å². The summed E-state index contributed by atoms with van der Waals surface area (Å²) in [5, 5.41) is 26.3. The lowest BCUT2D eigenvalue weighted by atomic mass is 10.1. The molecule has 0 aliphatic rings. The maximum Gasteiger partial charge on any atom is 0.299 e. The van der Waals surface area contributed by atoms with Crippen LogP contribution in [0.5, 0.6) is 5.88 Å². The number of nitrogen functional groups attached to an aromatic ring is 1. The summed E-state index contributed by atoms with van der Waals surface area (Å²) in [6.07, 6.45) is 0. The number of rotatable bonds is 2. The van der Waals surface area contributed by atoms with Crippen LogP contribution in [0.3, 0.4) is 0 Å². The van der Waals surface area contributed by atoms with E-state index in [9.17, 15) is 9.90 Å². The number of hydrogen-bond acceptors (Lipinski definition) is 6. The van der Waals surface area contributed by atoms with Gasteiger partial charge in [0.1, 0.15) is 11.6 Å². The lowest BCUT2D eigenvalue weighted by molar-refractivity contribution is 0.427. The molecule has 0 unspecified atom stereocenters. The van der Waals surface area contributed by atoms with E-state index in [4.69, 9.17) is 11.1 Å². The fourth-order valence-electron chi connectivity index (χ4n) is 1.63. The molecule has 7 heteroatoms. The summed E-state index contributed by atoms with van der Waals surface area (Å²) in [4.78, 5) is 11.9. The van der Waals surface area contributed by atoms with Crippen LogP contribution in [0.4, 0.5) is 11.4 Å². The third-order valence-electron chi connectivity index (χ3n) is 2.74. The van der Waals surface area contributed by atoms with Gasteiger partial charge in [0.25, 0.3) is 5.56 Å². The average molecular weight is 269 g/mol. The van der Waals surface area contributed by atoms with Gasteiger partial charge in [-0.15, -0.1) is 5.11 Å². The molecule has 0 amide bonds. The van der Waals surface area contributed by atoms with Crippen LogP contribution in [0.15, 0.2) is 45.4 Å². The van der Waals surface area contributed by atoms with Crippen molar-refractivity contribution in [3.05, 3.63) is 51.8 Å². The topological polar surface area (TPSA) is 117 Å². The molecule has 0 saturated heterocycles. The summed E-state index contributed by atoms with van der Waals surface area (Å²) in [7, 11) is 0. The van der Waals surface area contributed by atoms with Crippen molar-refractivity contribution >= 4 is 11.4 Å². The average Bonchev–Trinajstić information content (AvgIpc) is 2.47. The lowest BCUT2D eigenvalue weighted by Gasteiger charge is -2.07. The van der Waals surface area contributed by atoms with E-state index in [1.807, 2.05) is 6.07 Å². The molecule has 0 aliphatic heterocycles. The van der Waals surface area contributed by atoms with E-state index < -0.39 is 11.4 Å². The summed E-state index contributed by atoms with van der Waals surface area (Å²) >= 11 is 0. The maximum absolute atomic E-state index is 11.9. The molecular formula is C13H11N5O2. The normalized spacial score (nSPS) is 10.6. The van der Waals surface area contributed by atoms with E-state index in [1.165, 1.54) is 6.92 Å². The molecule has 0 fully saturated rings. The Hall–Kier alpha value is -3.14. The van der Waals surface area contributed by atoms with Crippen molar-refractivity contribution in [1.82, 2.24) is 4.68 Å². The highest BCUT2D eigenvalue weighted by Gasteiger charge is 2.17. The second-order valence-electron chi connectivity index (χ2n) is 3.99. The Bertz CT molecular complexity index is 772. The molecule has 2 aromatic rings. The van der Waals surface area contributed by atoms with Crippen molar-refractivity contribution in [2.45, 2.75) is 6.92 Å². The molecule has 20 heavy (non-hydrogen) atoms. The Morgan fingerprint density at radius 1 is 1.30 bits per heavy atom. The maximum atomic E-state index is 11.9. The van der Waals surface area contributed by atoms with E-state index >= 15 is 0 Å². The zero-order chi connectivity index (χ0) is 14.7. The number of azo groups is 1. The first kappa shape index (κ1) is 13.3. The number of hydrogen-bond donors (Lipinski definition) is 2. The van der Waals surface area contributed by atoms with Gasteiger partial charge in [-0.3, -0.25) is 4.79 Å². The molecule has 1 aromatic heterocycles. The molecule has 0 saturated carbocycles. The van der Waals surface area contributed by atoms with Crippen LogP contribution in [0, 0.1) is 18.3 Å². The first-order valence-corrected chi connectivity index (χ1v) is 5.66. The third kappa shape index (κ3) is 2.22. The highest BCUT2D eigenvalue weighted by atomic mass is 16.3. The number of benzene rings is 1. The van der Waals surface area contributed by atoms with Crippen LogP contribution in [0.2, 0.25) is 0 Å². The van der Waals surface area contributed by atoms with Gasteiger partial charge in [0.2, 0.25) is 5.88 Å². The summed E-state index contributed by atoms with van der Waals surface area (Å²) in [5.41, 5.74) is -0.115. The van der Waals surface area contributed by atoms with E-state index in [-0.39, 0.29) is 16.8 Å². The Morgan fingerprint density at radius 3 is 2.55 bits per heavy atom. The molecule has 100 valence electrons. The predicted molar refractivity (Wildman–Crippen MR) is 72.6 cm³/mol. The summed E-state index contributed by atoms with van der Waals surface area (Å²) in [5.74, 6) is 4.81. The molecule has 1 aromatic carbocycles. The molecule has 2 rings (SSSR count). The summed E-state index contributed by atoms with van der Waals surface area (Å²) in [6.45, 7) is 1.50. The zero-order valence-electron chi connectivity index (χ0n) is 10.6. The standard InChI is InChI=1S/C13H11N5O2/c1-8-10(7-14)12(19)18(15)13(20)11(8)17-16-9-5-3-2-4-6-9/h2-6,19H,15H2,1H3. The van der Waals surface area contributed by atoms with Crippen molar-refractivity contribution in [3.63, 3.8) is 0 Å². The first-order valence-electron chi connectivity index (χ1n) is 5.66. The van der Waals surface area contributed by atoms with Gasteiger partial charge in [-0.1, -0.05) is 18.2 Å². The second kappa shape index (κ2) is 5.24. The van der Waals surface area contributed by atoms with Gasteiger partial charge in [-0.2, -0.15) is 15.1 Å². The number of nitrogens with two attached hydrogens (primary N) is 1. The fraction of sp³-hybridized carbons (Fsp3) is 0.0769. The summed E-state index contributed by atoms with van der Waals surface area (Å²) in [6, 6.07) is 10.6. The zero-order valence-corrected chi connectivity index (χ0v) is 10.6. The molecular weight excluding hydrogens is 258 g/mol. The quantitative estimate of drug-likeness (QED) is 0.639. The highest BCUT2D eigenvalue weighted by Crippen LogP contribution is 2.25. The van der Waals surface area contributed by atoms with Gasteiger partial charge < -0.3 is 10.9 Å². The number of nitriles is 1. The van der Waals surface area contributed by atoms with Crippen LogP contribution in [-0.4, -0.2) is 9.78 Å². The first-order chi connectivity index (χ1) is 9.56. The molecule has 0 radical (unpaired) electrons. The second-order valence-corrected chi connectivity index (χ2v) is 3.99. The monoisotopic (exact) mass is 269 g/mol. The van der Waals surface area contributed by atoms with Crippen molar-refractivity contribution in [1.29, 1.82) is 5.26 Å². The highest BCUT2D eigenvalue weighted by molar-refractivity contribution is 5.56. The molecule has 1 heterocycles. The number of pyridine rings is 1. The molecule has 0 aliphatic carbocycles. The third-order valence-corrected chi connectivity index (χ3v) is 2.74. The molecule has 0 bridgehead atoms. The van der Waals surface area contributed by atoms with Crippen LogP contribution >= 0.6 is 0 Å². The van der Waals surface area contributed by atoms with Crippen molar-refractivity contribution in [2.24, 2.45) is 10.2 Å². The van der Waals surface area contributed by atoms with Gasteiger partial charge in [-0.25, -0.2) is 0 Å². The minimum absolute atomic E-state index is 0.0781. The van der Waals surface area contributed by atoms with Gasteiger partial charge in [0.15, 0.2) is 5.69 Å². The summed E-state index contributed by atoms with van der Waals surface area (Å²) < 4.78 is 0.477. The minimum atomic E-state index is -0.723. The van der Waals surface area contributed by atoms with Crippen LogP contribution in [-0.2, 0) is 0 Å². The predicted octanol–water partition coefficient (Wildman–Crippen LogP) is 1.86. The SMILES string of the molecule is Cc1c(C#N)c(O)n(N)c(=O)c1N=Nc1ccccc1. The number of aromatic hydroxyl groups is 1. The lowest BCUT2D eigenvalue weighted by Crippen LogP contribution is -2.28. The Balaban J connectivity index is 2.59. The Kier molecular flexibility index (Phi) is 3.48. The Morgan fingerprint density at radius 2 is 1.95 bits per heavy atom. The van der Waals surface area contributed by atoms with Gasteiger partial charge in [-0.05, 0) is 19.1 Å². The molecule has 0 atom stereocenters. The minimum Gasteiger partial charge on any atom is -0.492 e. The van der Waals surface area contributed by atoms with Crippen molar-refractivity contribution in [2.75, 3.05) is 5.84 Å². The van der Waals surface area contributed by atoms with Gasteiger partial charge >= 0.3 is 0 Å². The molecule has 7 nitrogen and oxygen atoms in total. The van der Waals surface area contributed by atoms with Gasteiger partial charge in [0, 0.05) is 5.56 Å². The van der Waals surface area contributed by atoms with Gasteiger partial charge in [0.05, 0.1) is 5.69 Å². The van der Waals surface area contributed by atoms with Crippen molar-refractivity contribution < 1.29 is 5.11 Å². The molecule has 3 N–H and O–H groups in total. The van der Waals surface area contributed by atoms with Crippen LogP contribution < -0.4 is 11.4 Å². The largest absolute Gasteiger partial charge is 0.492 e. The van der Waals surface area contributed by atoms with Crippen LogP contribution in [0.1, 0.15) is 11.1 Å². The van der Waals surface area contributed by atoms with Crippen LogP contribution in [0.25, 0.3) is 0 Å². The van der Waals surface area contributed by atoms with E-state index in [2.05, 4.69) is 10.2 Å². The van der Waals surface area contributed by atoms with E-state index in [0.717, 1.165) is 0 Å².